The van der Waals surface area contributed by atoms with Gasteiger partial charge in [-0.15, -0.1) is 0 Å². The molecule has 0 aliphatic heterocycles. The first-order valence-electron chi connectivity index (χ1n) is 12.1. The molecule has 182 valence electrons. The minimum Gasteiger partial charge on any atom is -0.383 e. The summed E-state index contributed by atoms with van der Waals surface area (Å²) in [7, 11) is 1.72. The van der Waals surface area contributed by atoms with Crippen LogP contribution in [-0.2, 0) is 11.2 Å². The molecule has 4 rings (SSSR count). The van der Waals surface area contributed by atoms with Gasteiger partial charge in [-0.2, -0.15) is 9.65 Å². The van der Waals surface area contributed by atoms with E-state index in [1.807, 2.05) is 0 Å². The maximum absolute atomic E-state index is 14.7. The summed E-state index contributed by atoms with van der Waals surface area (Å²) in [6, 6.07) is 6.45. The lowest BCUT2D eigenvalue weighted by atomic mass is 9.83. The Kier molecular flexibility index (Phi) is 7.74. The van der Waals surface area contributed by atoms with Crippen LogP contribution in [0.1, 0.15) is 51.1 Å². The van der Waals surface area contributed by atoms with Crippen LogP contribution in [0.25, 0.3) is 11.1 Å². The number of nitrogens with zero attached hydrogens (tertiary/aromatic N) is 3. The third-order valence-corrected chi connectivity index (χ3v) is 7.05. The molecule has 0 saturated heterocycles. The summed E-state index contributed by atoms with van der Waals surface area (Å²) in [5.41, 5.74) is 1.46. The molecule has 2 N–H and O–H groups in total. The van der Waals surface area contributed by atoms with Crippen molar-refractivity contribution in [3.05, 3.63) is 42.0 Å². The van der Waals surface area contributed by atoms with Gasteiger partial charge >= 0.3 is 0 Å². The highest BCUT2D eigenvalue weighted by Crippen LogP contribution is 2.45. The van der Waals surface area contributed by atoms with Crippen LogP contribution in [0.4, 0.5) is 14.5 Å². The summed E-state index contributed by atoms with van der Waals surface area (Å²) in [4.78, 5) is 8.14. The predicted octanol–water partition coefficient (Wildman–Crippen LogP) is 4.86. The standard InChI is InChI=1S/C26H33F2N5O/c1-17(14-34-2)33-20-5-3-18(4-6-20)9-21-11-22(23(27)13-30-21)19-10-24(25(28)31-12-19)32-16-26(15-29)7-8-26/h10-13,17-18,20,32-33H,3-9,14,16H2,1-2H3/t17-,18?,20?/m1/s1. The average Bonchev–Trinajstić information content (AvgIpc) is 3.62. The van der Waals surface area contributed by atoms with Crippen LogP contribution in [0, 0.1) is 34.4 Å². The molecule has 0 unspecified atom stereocenters. The Bertz CT molecular complexity index is 1030. The number of pyridine rings is 2. The Morgan fingerprint density at radius 3 is 2.62 bits per heavy atom. The Labute approximate surface area is 200 Å². The van der Waals surface area contributed by atoms with Crippen molar-refractivity contribution in [1.82, 2.24) is 15.3 Å². The zero-order valence-electron chi connectivity index (χ0n) is 19.9. The second-order valence-electron chi connectivity index (χ2n) is 9.91. The van der Waals surface area contributed by atoms with Crippen molar-refractivity contribution in [1.29, 1.82) is 5.26 Å². The molecular weight excluding hydrogens is 436 g/mol. The molecule has 2 aromatic heterocycles. The van der Waals surface area contributed by atoms with Crippen LogP contribution in [0.3, 0.4) is 0 Å². The summed E-state index contributed by atoms with van der Waals surface area (Å²) < 4.78 is 34.1. The van der Waals surface area contributed by atoms with Crippen molar-refractivity contribution in [3.8, 4) is 17.2 Å². The number of aromatic nitrogens is 2. The van der Waals surface area contributed by atoms with Crippen molar-refractivity contribution in [2.45, 2.75) is 64.0 Å². The summed E-state index contributed by atoms with van der Waals surface area (Å²) in [5.74, 6) is -0.609. The topological polar surface area (TPSA) is 82.9 Å². The number of ether oxygens (including phenoxy) is 1. The number of nitrogens with one attached hydrogen (secondary N) is 2. The summed E-state index contributed by atoms with van der Waals surface area (Å²) in [6.45, 7) is 3.20. The fourth-order valence-corrected chi connectivity index (χ4v) is 4.81. The smallest absolute Gasteiger partial charge is 0.236 e. The average molecular weight is 470 g/mol. The zero-order valence-corrected chi connectivity index (χ0v) is 19.9. The molecule has 0 bridgehead atoms. The minimum absolute atomic E-state index is 0.185. The quantitative estimate of drug-likeness (QED) is 0.484. The molecule has 2 aliphatic carbocycles. The minimum atomic E-state index is -0.655. The Morgan fingerprint density at radius 2 is 1.94 bits per heavy atom. The highest BCUT2D eigenvalue weighted by molar-refractivity contribution is 5.67. The molecule has 34 heavy (non-hydrogen) atoms. The number of hydrogen-bond donors (Lipinski definition) is 2. The van der Waals surface area contributed by atoms with E-state index in [-0.39, 0.29) is 5.69 Å². The van der Waals surface area contributed by atoms with E-state index in [0.717, 1.165) is 50.6 Å². The lowest BCUT2D eigenvalue weighted by molar-refractivity contribution is 0.158. The Hall–Kier alpha value is -2.63. The molecule has 0 amide bonds. The van der Waals surface area contributed by atoms with E-state index in [0.29, 0.717) is 42.3 Å². The molecule has 6 nitrogen and oxygen atoms in total. The van der Waals surface area contributed by atoms with Gasteiger partial charge in [-0.1, -0.05) is 0 Å². The van der Waals surface area contributed by atoms with Gasteiger partial charge in [0.25, 0.3) is 0 Å². The molecule has 8 heteroatoms. The fourth-order valence-electron chi connectivity index (χ4n) is 4.81. The number of rotatable bonds is 10. The van der Waals surface area contributed by atoms with Crippen molar-refractivity contribution in [2.75, 3.05) is 25.6 Å². The number of methoxy groups -OCH3 is 1. The van der Waals surface area contributed by atoms with Gasteiger partial charge in [0.15, 0.2) is 0 Å². The third kappa shape index (κ3) is 6.08. The number of halogens is 2. The van der Waals surface area contributed by atoms with Gasteiger partial charge in [-0.25, -0.2) is 9.37 Å². The van der Waals surface area contributed by atoms with Gasteiger partial charge < -0.3 is 15.4 Å². The first kappa shape index (κ1) is 24.5. The number of hydrogen-bond acceptors (Lipinski definition) is 6. The van der Waals surface area contributed by atoms with E-state index < -0.39 is 17.2 Å². The maximum atomic E-state index is 14.7. The van der Waals surface area contributed by atoms with Gasteiger partial charge in [-0.3, -0.25) is 4.98 Å². The van der Waals surface area contributed by atoms with Crippen LogP contribution in [0.2, 0.25) is 0 Å². The van der Waals surface area contributed by atoms with Crippen LogP contribution < -0.4 is 10.6 Å². The van der Waals surface area contributed by atoms with E-state index in [1.54, 1.807) is 19.2 Å². The highest BCUT2D eigenvalue weighted by Gasteiger charge is 2.43. The van der Waals surface area contributed by atoms with Crippen molar-refractivity contribution >= 4 is 5.69 Å². The molecule has 2 aromatic rings. The maximum Gasteiger partial charge on any atom is 0.236 e. The largest absolute Gasteiger partial charge is 0.383 e. The summed E-state index contributed by atoms with van der Waals surface area (Å²) in [5, 5.41) is 15.9. The molecule has 2 heterocycles. The van der Waals surface area contributed by atoms with E-state index >= 15 is 0 Å². The molecular formula is C26H33F2N5O. The Balaban J connectivity index is 1.40. The highest BCUT2D eigenvalue weighted by atomic mass is 19.1. The molecule has 0 spiro atoms. The number of nitriles is 1. The van der Waals surface area contributed by atoms with Crippen LogP contribution in [0.5, 0.6) is 0 Å². The van der Waals surface area contributed by atoms with Crippen LogP contribution >= 0.6 is 0 Å². The third-order valence-electron chi connectivity index (χ3n) is 7.05. The molecule has 0 aromatic carbocycles. The fraction of sp³-hybridized carbons (Fsp3) is 0.577. The Morgan fingerprint density at radius 1 is 1.18 bits per heavy atom. The summed E-state index contributed by atoms with van der Waals surface area (Å²) >= 11 is 0. The first-order valence-corrected chi connectivity index (χ1v) is 12.1. The second kappa shape index (κ2) is 10.7. The second-order valence-corrected chi connectivity index (χ2v) is 9.91. The van der Waals surface area contributed by atoms with Crippen LogP contribution in [0.15, 0.2) is 24.5 Å². The van der Waals surface area contributed by atoms with Crippen molar-refractivity contribution in [2.24, 2.45) is 11.3 Å². The van der Waals surface area contributed by atoms with E-state index in [9.17, 15) is 14.0 Å². The summed E-state index contributed by atoms with van der Waals surface area (Å²) in [6.07, 6.45) is 9.39. The van der Waals surface area contributed by atoms with Crippen LogP contribution in [-0.4, -0.2) is 42.3 Å². The van der Waals surface area contributed by atoms with E-state index in [1.165, 1.54) is 12.4 Å². The molecule has 0 radical (unpaired) electrons. The van der Waals surface area contributed by atoms with Gasteiger partial charge in [0.05, 0.1) is 30.0 Å². The molecule has 2 aliphatic rings. The lowest BCUT2D eigenvalue weighted by Gasteiger charge is -2.31. The monoisotopic (exact) mass is 469 g/mol. The van der Waals surface area contributed by atoms with E-state index in [2.05, 4.69) is 33.6 Å². The first-order chi connectivity index (χ1) is 16.4. The van der Waals surface area contributed by atoms with Crippen molar-refractivity contribution < 1.29 is 13.5 Å². The number of anilines is 1. The van der Waals surface area contributed by atoms with Gasteiger partial charge in [0.1, 0.15) is 5.82 Å². The normalized spacial score (nSPS) is 22.1. The van der Waals surface area contributed by atoms with Crippen molar-refractivity contribution in [3.63, 3.8) is 0 Å². The van der Waals surface area contributed by atoms with Gasteiger partial charge in [-0.05, 0) is 69.9 Å². The molecule has 1 atom stereocenters. The molecule has 2 fully saturated rings. The SMILES string of the molecule is COC[C@@H](C)NC1CCC(Cc2cc(-c3cnc(F)c(NCC4(C#N)CC4)c3)c(F)cn2)CC1. The van der Waals surface area contributed by atoms with Gasteiger partial charge in [0.2, 0.25) is 5.95 Å². The van der Waals surface area contributed by atoms with Gasteiger partial charge in [0, 0.05) is 48.8 Å². The lowest BCUT2D eigenvalue weighted by Crippen LogP contribution is -2.41. The zero-order chi connectivity index (χ0) is 24.1. The van der Waals surface area contributed by atoms with E-state index in [4.69, 9.17) is 4.74 Å². The predicted molar refractivity (Wildman–Crippen MR) is 127 cm³/mol. The molecule has 2 saturated carbocycles.